The molecule has 2 aliphatic rings. The summed E-state index contributed by atoms with van der Waals surface area (Å²) < 4.78 is 0.995. The molecule has 1 saturated heterocycles. The number of fused-ring (bicyclic) bond motifs is 1. The molecule has 0 spiro atoms. The lowest BCUT2D eigenvalue weighted by atomic mass is 10.1. The van der Waals surface area contributed by atoms with Gasteiger partial charge < -0.3 is 9.80 Å². The van der Waals surface area contributed by atoms with Crippen molar-refractivity contribution in [3.05, 3.63) is 34.3 Å². The van der Waals surface area contributed by atoms with Crippen molar-refractivity contribution in [1.29, 1.82) is 0 Å². The normalized spacial score (nSPS) is 22.9. The van der Waals surface area contributed by atoms with E-state index in [-0.39, 0.29) is 5.91 Å². The third-order valence-corrected chi connectivity index (χ3v) is 4.60. The van der Waals surface area contributed by atoms with Crippen LogP contribution in [0.25, 0.3) is 0 Å². The van der Waals surface area contributed by atoms with Gasteiger partial charge in [0.1, 0.15) is 0 Å². The van der Waals surface area contributed by atoms with E-state index in [1.54, 1.807) is 13.3 Å². The molecule has 132 valence electrons. The van der Waals surface area contributed by atoms with Crippen molar-refractivity contribution in [1.82, 2.24) is 20.5 Å². The van der Waals surface area contributed by atoms with Gasteiger partial charge in [-0.1, -0.05) is 35.0 Å². The summed E-state index contributed by atoms with van der Waals surface area (Å²) in [5, 5.41) is 6.57. The summed E-state index contributed by atoms with van der Waals surface area (Å²) in [5.74, 6) is 0.154. The molecular formula is C16H19BrN6O2. The molecule has 1 aromatic carbocycles. The summed E-state index contributed by atoms with van der Waals surface area (Å²) in [5.41, 5.74) is 3.84. The van der Waals surface area contributed by atoms with Crippen molar-refractivity contribution >= 4 is 40.0 Å². The molecule has 3 rings (SSSR count). The van der Waals surface area contributed by atoms with Gasteiger partial charge in [-0.25, -0.2) is 15.2 Å². The Balaban J connectivity index is 1.77. The Labute approximate surface area is 154 Å². The molecule has 1 aromatic rings. The third-order valence-electron chi connectivity index (χ3n) is 4.07. The number of guanidine groups is 1. The molecule has 2 heterocycles. The van der Waals surface area contributed by atoms with Gasteiger partial charge in [-0.15, -0.1) is 0 Å². The van der Waals surface area contributed by atoms with Gasteiger partial charge in [0.15, 0.2) is 12.2 Å². The number of halogens is 1. The van der Waals surface area contributed by atoms with Crippen LogP contribution in [0.2, 0.25) is 0 Å². The Morgan fingerprint density at radius 2 is 2.08 bits per heavy atom. The molecule has 2 unspecified atom stereocenters. The highest BCUT2D eigenvalue weighted by molar-refractivity contribution is 9.10. The smallest absolute Gasteiger partial charge is 0.325 e. The van der Waals surface area contributed by atoms with Crippen molar-refractivity contribution in [2.75, 3.05) is 13.6 Å². The fourth-order valence-electron chi connectivity index (χ4n) is 2.82. The number of benzene rings is 1. The van der Waals surface area contributed by atoms with Gasteiger partial charge in [-0.2, -0.15) is 5.10 Å². The van der Waals surface area contributed by atoms with Gasteiger partial charge >= 0.3 is 6.03 Å². The molecule has 0 aliphatic carbocycles. The first-order valence-electron chi connectivity index (χ1n) is 7.98. The van der Waals surface area contributed by atoms with Crippen molar-refractivity contribution < 1.29 is 9.59 Å². The zero-order valence-electron chi connectivity index (χ0n) is 13.9. The SMILES string of the molecule is CCCN1C(N/N=C/c2ccc(Br)cc2)=NC2C1C(=O)NC(=O)N2C. The quantitative estimate of drug-likeness (QED) is 0.582. The number of urea groups is 1. The number of hydrogen-bond acceptors (Lipinski definition) is 6. The molecule has 0 saturated carbocycles. The van der Waals surface area contributed by atoms with Crippen LogP contribution in [0.15, 0.2) is 38.8 Å². The summed E-state index contributed by atoms with van der Waals surface area (Å²) in [4.78, 5) is 31.8. The van der Waals surface area contributed by atoms with E-state index in [1.807, 2.05) is 36.1 Å². The van der Waals surface area contributed by atoms with Crippen molar-refractivity contribution in [3.63, 3.8) is 0 Å². The van der Waals surface area contributed by atoms with Gasteiger partial charge in [0.2, 0.25) is 5.96 Å². The fourth-order valence-corrected chi connectivity index (χ4v) is 3.08. The van der Waals surface area contributed by atoms with Crippen molar-refractivity contribution in [2.45, 2.75) is 25.6 Å². The zero-order valence-corrected chi connectivity index (χ0v) is 15.5. The number of imide groups is 1. The van der Waals surface area contributed by atoms with Crippen LogP contribution in [0.1, 0.15) is 18.9 Å². The van der Waals surface area contributed by atoms with E-state index in [9.17, 15) is 9.59 Å². The highest BCUT2D eigenvalue weighted by Gasteiger charge is 2.48. The molecule has 3 amide bonds. The number of rotatable bonds is 4. The highest BCUT2D eigenvalue weighted by atomic mass is 79.9. The summed E-state index contributed by atoms with van der Waals surface area (Å²) >= 11 is 3.39. The van der Waals surface area contributed by atoms with Gasteiger partial charge in [0.25, 0.3) is 5.91 Å². The Morgan fingerprint density at radius 1 is 1.36 bits per heavy atom. The molecule has 9 heteroatoms. The molecule has 2 aliphatic heterocycles. The summed E-state index contributed by atoms with van der Waals surface area (Å²) in [7, 11) is 1.63. The predicted octanol–water partition coefficient (Wildman–Crippen LogP) is 1.33. The number of hydrogen-bond donors (Lipinski definition) is 2. The van der Waals surface area contributed by atoms with Crippen molar-refractivity contribution in [3.8, 4) is 0 Å². The van der Waals surface area contributed by atoms with Gasteiger partial charge in [0, 0.05) is 18.1 Å². The van der Waals surface area contributed by atoms with Crippen LogP contribution in [0.4, 0.5) is 4.79 Å². The maximum atomic E-state index is 12.2. The highest BCUT2D eigenvalue weighted by Crippen LogP contribution is 2.23. The number of nitrogens with one attached hydrogen (secondary N) is 2. The summed E-state index contributed by atoms with van der Waals surface area (Å²) in [6, 6.07) is 6.73. The van der Waals surface area contributed by atoms with E-state index in [0.717, 1.165) is 16.5 Å². The molecule has 0 aromatic heterocycles. The molecule has 8 nitrogen and oxygen atoms in total. The van der Waals surface area contributed by atoms with Gasteiger partial charge in [-0.3, -0.25) is 10.1 Å². The van der Waals surface area contributed by atoms with Crippen LogP contribution < -0.4 is 10.7 Å². The Bertz CT molecular complexity index is 733. The molecule has 2 atom stereocenters. The molecule has 0 radical (unpaired) electrons. The van der Waals surface area contributed by atoms with Gasteiger partial charge in [-0.05, 0) is 24.1 Å². The van der Waals surface area contributed by atoms with E-state index in [4.69, 9.17) is 0 Å². The summed E-state index contributed by atoms with van der Waals surface area (Å²) in [6.45, 7) is 2.65. The first kappa shape index (κ1) is 17.4. The average molecular weight is 407 g/mol. The van der Waals surface area contributed by atoms with E-state index in [1.165, 1.54) is 4.90 Å². The first-order valence-corrected chi connectivity index (χ1v) is 8.77. The van der Waals surface area contributed by atoms with E-state index in [2.05, 4.69) is 36.8 Å². The third kappa shape index (κ3) is 3.51. The van der Waals surface area contributed by atoms with Crippen molar-refractivity contribution in [2.24, 2.45) is 10.1 Å². The van der Waals surface area contributed by atoms with E-state index < -0.39 is 18.2 Å². The van der Waals surface area contributed by atoms with Crippen LogP contribution in [0.3, 0.4) is 0 Å². The Morgan fingerprint density at radius 3 is 2.76 bits per heavy atom. The number of carbonyl (C=O) groups is 2. The lowest BCUT2D eigenvalue weighted by Gasteiger charge is -2.35. The minimum atomic E-state index is -0.543. The lowest BCUT2D eigenvalue weighted by Crippen LogP contribution is -2.64. The molecule has 2 N–H and O–H groups in total. The second kappa shape index (κ2) is 7.22. The van der Waals surface area contributed by atoms with Crippen LogP contribution in [-0.4, -0.2) is 59.7 Å². The minimum absolute atomic E-state index is 0.334. The monoisotopic (exact) mass is 406 g/mol. The topological polar surface area (TPSA) is 89.4 Å². The Kier molecular flexibility index (Phi) is 5.03. The molecular weight excluding hydrogens is 388 g/mol. The fraction of sp³-hybridized carbons (Fsp3) is 0.375. The van der Waals surface area contributed by atoms with Crippen LogP contribution in [0, 0.1) is 0 Å². The Hall–Kier alpha value is -2.42. The predicted molar refractivity (Wildman–Crippen MR) is 98.2 cm³/mol. The second-order valence-electron chi connectivity index (χ2n) is 5.83. The number of carbonyl (C=O) groups excluding carboxylic acids is 2. The van der Waals surface area contributed by atoms with E-state index >= 15 is 0 Å². The maximum Gasteiger partial charge on any atom is 0.325 e. The van der Waals surface area contributed by atoms with E-state index in [0.29, 0.717) is 12.5 Å². The second-order valence-corrected chi connectivity index (χ2v) is 6.75. The molecule has 25 heavy (non-hydrogen) atoms. The number of nitrogens with zero attached hydrogens (tertiary/aromatic N) is 4. The number of likely N-dealkylation sites (N-methyl/N-ethyl adjacent to an activating group) is 1. The summed E-state index contributed by atoms with van der Waals surface area (Å²) in [6.07, 6.45) is 1.97. The molecule has 1 fully saturated rings. The number of hydrazone groups is 1. The lowest BCUT2D eigenvalue weighted by molar-refractivity contribution is -0.127. The van der Waals surface area contributed by atoms with Crippen LogP contribution >= 0.6 is 15.9 Å². The largest absolute Gasteiger partial charge is 0.326 e. The zero-order chi connectivity index (χ0) is 18.0. The standard InChI is InChI=1S/C16H19BrN6O2/c1-3-8-23-12-13(22(2)16(25)20-14(12)24)19-15(23)21-18-9-10-4-6-11(17)7-5-10/h4-7,9,12-13H,3,8H2,1-2H3,(H,19,21)(H,20,24,25)/b18-9+. The van der Waals surface area contributed by atoms with Crippen LogP contribution in [-0.2, 0) is 4.79 Å². The van der Waals surface area contributed by atoms with Crippen LogP contribution in [0.5, 0.6) is 0 Å². The van der Waals surface area contributed by atoms with Gasteiger partial charge in [0.05, 0.1) is 6.21 Å². The maximum absolute atomic E-state index is 12.2. The number of aliphatic imine (C=N–C) groups is 1. The minimum Gasteiger partial charge on any atom is -0.326 e. The first-order chi connectivity index (χ1) is 12.0. The molecule has 0 bridgehead atoms. The average Bonchev–Trinajstić information content (AvgIpc) is 2.94. The number of amides is 3.